The number of nitrogens with one attached hydrogen (secondary N) is 1. The molecule has 0 aliphatic rings. The van der Waals surface area contributed by atoms with Crippen molar-refractivity contribution >= 4 is 17.3 Å². The highest BCUT2D eigenvalue weighted by Crippen LogP contribution is 2.22. The van der Waals surface area contributed by atoms with Crippen molar-refractivity contribution in [2.45, 2.75) is 45.7 Å². The van der Waals surface area contributed by atoms with E-state index in [-0.39, 0.29) is 5.69 Å². The molecular formula is C13H19ClN2O2. The minimum Gasteiger partial charge on any atom is -0.310 e. The molecular weight excluding hydrogens is 252 g/mol. The van der Waals surface area contributed by atoms with Crippen molar-refractivity contribution in [3.8, 4) is 0 Å². The Bertz CT molecular complexity index is 410. The smallest absolute Gasteiger partial charge is 0.269 e. The van der Waals surface area contributed by atoms with Gasteiger partial charge in [0.25, 0.3) is 5.69 Å². The van der Waals surface area contributed by atoms with E-state index in [1.54, 1.807) is 6.07 Å². The van der Waals surface area contributed by atoms with Gasteiger partial charge >= 0.3 is 0 Å². The van der Waals surface area contributed by atoms with Gasteiger partial charge in [0.15, 0.2) is 0 Å². The van der Waals surface area contributed by atoms with E-state index in [4.69, 9.17) is 11.6 Å². The van der Waals surface area contributed by atoms with Crippen molar-refractivity contribution in [2.24, 2.45) is 0 Å². The van der Waals surface area contributed by atoms with Crippen LogP contribution in [0.2, 0.25) is 5.02 Å². The van der Waals surface area contributed by atoms with Crippen molar-refractivity contribution in [1.82, 2.24) is 5.32 Å². The molecule has 0 saturated heterocycles. The summed E-state index contributed by atoms with van der Waals surface area (Å²) in [4.78, 5) is 10.3. The van der Waals surface area contributed by atoms with Crippen LogP contribution in [0, 0.1) is 10.1 Å². The molecule has 0 aromatic heterocycles. The standard InChI is InChI=1S/C13H19ClN2O2/c1-3-5-11(4-2)15-9-10-8-12(16(17)18)6-7-13(10)14/h6-8,11,15H,3-5,9H2,1-2H3. The lowest BCUT2D eigenvalue weighted by Gasteiger charge is -2.16. The van der Waals surface area contributed by atoms with Crippen LogP contribution in [0.4, 0.5) is 5.69 Å². The van der Waals surface area contributed by atoms with Crippen LogP contribution in [0.25, 0.3) is 0 Å². The molecule has 0 amide bonds. The number of nitrogens with zero attached hydrogens (tertiary/aromatic N) is 1. The summed E-state index contributed by atoms with van der Waals surface area (Å²) < 4.78 is 0. The van der Waals surface area contributed by atoms with Crippen molar-refractivity contribution in [3.05, 3.63) is 38.9 Å². The first kappa shape index (κ1) is 14.9. The molecule has 1 aromatic carbocycles. The molecule has 18 heavy (non-hydrogen) atoms. The van der Waals surface area contributed by atoms with E-state index in [0.29, 0.717) is 17.6 Å². The van der Waals surface area contributed by atoms with Crippen molar-refractivity contribution in [3.63, 3.8) is 0 Å². The molecule has 1 unspecified atom stereocenters. The molecule has 4 nitrogen and oxygen atoms in total. The van der Waals surface area contributed by atoms with Gasteiger partial charge in [0.2, 0.25) is 0 Å². The first-order valence-electron chi connectivity index (χ1n) is 6.24. The number of nitro groups is 1. The summed E-state index contributed by atoms with van der Waals surface area (Å²) in [7, 11) is 0. The van der Waals surface area contributed by atoms with Gasteiger partial charge in [-0.15, -0.1) is 0 Å². The number of halogens is 1. The monoisotopic (exact) mass is 270 g/mol. The van der Waals surface area contributed by atoms with Gasteiger partial charge in [-0.1, -0.05) is 31.9 Å². The lowest BCUT2D eigenvalue weighted by Crippen LogP contribution is -2.27. The highest BCUT2D eigenvalue weighted by Gasteiger charge is 2.11. The lowest BCUT2D eigenvalue weighted by atomic mass is 10.1. The van der Waals surface area contributed by atoms with Gasteiger partial charge in [-0.05, 0) is 24.5 Å². The summed E-state index contributed by atoms with van der Waals surface area (Å²) in [5, 5.41) is 14.7. The largest absolute Gasteiger partial charge is 0.310 e. The molecule has 1 aromatic rings. The highest BCUT2D eigenvalue weighted by molar-refractivity contribution is 6.31. The second-order valence-corrected chi connectivity index (χ2v) is 4.71. The molecule has 0 bridgehead atoms. The fraction of sp³-hybridized carbons (Fsp3) is 0.538. The van der Waals surface area contributed by atoms with E-state index in [1.165, 1.54) is 12.1 Å². The van der Waals surface area contributed by atoms with E-state index < -0.39 is 4.92 Å². The van der Waals surface area contributed by atoms with Gasteiger partial charge in [0.05, 0.1) is 4.92 Å². The van der Waals surface area contributed by atoms with E-state index in [0.717, 1.165) is 24.8 Å². The Morgan fingerprint density at radius 3 is 2.72 bits per heavy atom. The van der Waals surface area contributed by atoms with Crippen LogP contribution in [0.5, 0.6) is 0 Å². The molecule has 100 valence electrons. The average Bonchev–Trinajstić information content (AvgIpc) is 2.35. The van der Waals surface area contributed by atoms with Crippen LogP contribution in [0.1, 0.15) is 38.7 Å². The van der Waals surface area contributed by atoms with Gasteiger partial charge < -0.3 is 5.32 Å². The van der Waals surface area contributed by atoms with E-state index in [1.807, 2.05) is 0 Å². The number of hydrogen-bond donors (Lipinski definition) is 1. The summed E-state index contributed by atoms with van der Waals surface area (Å²) in [6.07, 6.45) is 3.26. The molecule has 0 fully saturated rings. The Morgan fingerprint density at radius 1 is 1.44 bits per heavy atom. The Kier molecular flexibility index (Phi) is 6.09. The third kappa shape index (κ3) is 4.27. The topological polar surface area (TPSA) is 55.2 Å². The molecule has 5 heteroatoms. The molecule has 1 N–H and O–H groups in total. The van der Waals surface area contributed by atoms with Crippen molar-refractivity contribution < 1.29 is 4.92 Å². The van der Waals surface area contributed by atoms with Crippen LogP contribution < -0.4 is 5.32 Å². The maximum atomic E-state index is 10.7. The quantitative estimate of drug-likeness (QED) is 0.603. The minimum absolute atomic E-state index is 0.0831. The zero-order chi connectivity index (χ0) is 13.5. The first-order chi connectivity index (χ1) is 8.58. The molecule has 0 radical (unpaired) electrons. The number of hydrogen-bond acceptors (Lipinski definition) is 3. The number of nitro benzene ring substituents is 1. The van der Waals surface area contributed by atoms with Crippen molar-refractivity contribution in [2.75, 3.05) is 0 Å². The molecule has 0 heterocycles. The van der Waals surface area contributed by atoms with Gasteiger partial charge in [0, 0.05) is 29.7 Å². The van der Waals surface area contributed by atoms with Crippen LogP contribution in [0.3, 0.4) is 0 Å². The summed E-state index contributed by atoms with van der Waals surface area (Å²) in [6, 6.07) is 4.98. The molecule has 1 atom stereocenters. The predicted molar refractivity (Wildman–Crippen MR) is 73.9 cm³/mol. The third-order valence-electron chi connectivity index (χ3n) is 2.95. The summed E-state index contributed by atoms with van der Waals surface area (Å²) in [5.41, 5.74) is 0.861. The minimum atomic E-state index is -0.400. The van der Waals surface area contributed by atoms with E-state index in [2.05, 4.69) is 19.2 Å². The molecule has 0 saturated carbocycles. The number of non-ortho nitro benzene ring substituents is 1. The first-order valence-corrected chi connectivity index (χ1v) is 6.62. The number of rotatable bonds is 7. The SMILES string of the molecule is CCCC(CC)NCc1cc([N+](=O)[O-])ccc1Cl. The Labute approximate surface area is 112 Å². The van der Waals surface area contributed by atoms with Gasteiger partial charge in [-0.2, -0.15) is 0 Å². The van der Waals surface area contributed by atoms with Crippen LogP contribution in [0.15, 0.2) is 18.2 Å². The normalized spacial score (nSPS) is 12.4. The fourth-order valence-electron chi connectivity index (χ4n) is 1.86. The second kappa shape index (κ2) is 7.34. The summed E-state index contributed by atoms with van der Waals surface area (Å²) in [6.45, 7) is 4.84. The zero-order valence-electron chi connectivity index (χ0n) is 10.8. The highest BCUT2D eigenvalue weighted by atomic mass is 35.5. The van der Waals surface area contributed by atoms with E-state index >= 15 is 0 Å². The zero-order valence-corrected chi connectivity index (χ0v) is 11.5. The molecule has 1 rings (SSSR count). The fourth-order valence-corrected chi connectivity index (χ4v) is 2.05. The molecule has 0 aliphatic heterocycles. The molecule has 0 spiro atoms. The Balaban J connectivity index is 2.71. The van der Waals surface area contributed by atoms with Crippen molar-refractivity contribution in [1.29, 1.82) is 0 Å². The number of benzene rings is 1. The van der Waals surface area contributed by atoms with Crippen LogP contribution in [-0.4, -0.2) is 11.0 Å². The third-order valence-corrected chi connectivity index (χ3v) is 3.32. The maximum absolute atomic E-state index is 10.7. The lowest BCUT2D eigenvalue weighted by molar-refractivity contribution is -0.384. The Morgan fingerprint density at radius 2 is 2.17 bits per heavy atom. The average molecular weight is 271 g/mol. The predicted octanol–water partition coefficient (Wildman–Crippen LogP) is 3.92. The van der Waals surface area contributed by atoms with Gasteiger partial charge in [-0.25, -0.2) is 0 Å². The van der Waals surface area contributed by atoms with Gasteiger partial charge in [0.1, 0.15) is 0 Å². The molecule has 0 aliphatic carbocycles. The maximum Gasteiger partial charge on any atom is 0.269 e. The van der Waals surface area contributed by atoms with Crippen LogP contribution in [-0.2, 0) is 6.54 Å². The Hall–Kier alpha value is -1.13. The van der Waals surface area contributed by atoms with E-state index in [9.17, 15) is 10.1 Å². The van der Waals surface area contributed by atoms with Gasteiger partial charge in [-0.3, -0.25) is 10.1 Å². The summed E-state index contributed by atoms with van der Waals surface area (Å²) in [5.74, 6) is 0. The van der Waals surface area contributed by atoms with Crippen LogP contribution >= 0.6 is 11.6 Å². The summed E-state index contributed by atoms with van der Waals surface area (Å²) >= 11 is 6.04. The second-order valence-electron chi connectivity index (χ2n) is 4.31.